The Bertz CT molecular complexity index is 391. The van der Waals surface area contributed by atoms with Crippen LogP contribution in [0.4, 0.5) is 0 Å². The Hall–Kier alpha value is -1.69. The molecular weight excluding hydrogens is 190 g/mol. The predicted octanol–water partition coefficient (Wildman–Crippen LogP) is 2.59. The monoisotopic (exact) mass is 205 g/mol. The molecule has 0 aliphatic carbocycles. The van der Waals surface area contributed by atoms with Gasteiger partial charge >= 0.3 is 0 Å². The lowest BCUT2D eigenvalue weighted by Gasteiger charge is -2.14. The van der Waals surface area contributed by atoms with Crippen LogP contribution in [-0.4, -0.2) is 12.2 Å². The number of nitrogens with zero attached hydrogens (tertiary/aromatic N) is 1. The summed E-state index contributed by atoms with van der Waals surface area (Å²) in [6, 6.07) is 5.68. The summed E-state index contributed by atoms with van der Waals surface area (Å²) in [6.45, 7) is 4.06. The first-order valence-corrected chi connectivity index (χ1v) is 4.87. The Kier molecular flexibility index (Phi) is 3.56. The molecule has 0 fully saturated rings. The zero-order chi connectivity index (χ0) is 11.4. The molecule has 1 aromatic rings. The van der Waals surface area contributed by atoms with Crippen LogP contribution in [0.1, 0.15) is 30.9 Å². The lowest BCUT2D eigenvalue weighted by atomic mass is 9.94. The number of ether oxygens (including phenoxy) is 1. The van der Waals surface area contributed by atoms with E-state index in [9.17, 15) is 5.11 Å². The van der Waals surface area contributed by atoms with Crippen LogP contribution in [0.15, 0.2) is 12.1 Å². The van der Waals surface area contributed by atoms with Gasteiger partial charge in [0.15, 0.2) is 11.5 Å². The first-order chi connectivity index (χ1) is 7.11. The van der Waals surface area contributed by atoms with Gasteiger partial charge in [-0.15, -0.1) is 0 Å². The average Bonchev–Trinajstić information content (AvgIpc) is 2.20. The number of rotatable bonds is 3. The molecule has 0 atom stereocenters. The Balaban J connectivity index is 3.32. The highest BCUT2D eigenvalue weighted by atomic mass is 16.5. The van der Waals surface area contributed by atoms with E-state index in [1.54, 1.807) is 6.07 Å². The van der Waals surface area contributed by atoms with E-state index >= 15 is 0 Å². The van der Waals surface area contributed by atoms with Gasteiger partial charge in [-0.25, -0.2) is 0 Å². The van der Waals surface area contributed by atoms with Gasteiger partial charge in [-0.2, -0.15) is 5.26 Å². The number of benzene rings is 1. The summed E-state index contributed by atoms with van der Waals surface area (Å²) >= 11 is 0. The minimum Gasteiger partial charge on any atom is -0.504 e. The molecular formula is C12H15NO2. The van der Waals surface area contributed by atoms with Crippen LogP contribution in [0, 0.1) is 11.3 Å². The highest BCUT2D eigenvalue weighted by molar-refractivity contribution is 5.51. The van der Waals surface area contributed by atoms with E-state index in [4.69, 9.17) is 10.00 Å². The smallest absolute Gasteiger partial charge is 0.162 e. The van der Waals surface area contributed by atoms with Crippen LogP contribution in [0.3, 0.4) is 0 Å². The van der Waals surface area contributed by atoms with Crippen molar-refractivity contribution in [2.45, 2.75) is 26.2 Å². The first-order valence-electron chi connectivity index (χ1n) is 4.87. The number of hydrogen-bond donors (Lipinski definition) is 1. The molecule has 80 valence electrons. The second-order valence-corrected chi connectivity index (χ2v) is 3.67. The summed E-state index contributed by atoms with van der Waals surface area (Å²) in [5.74, 6) is 0.792. The molecule has 1 rings (SSSR count). The van der Waals surface area contributed by atoms with E-state index in [1.807, 2.05) is 19.9 Å². The van der Waals surface area contributed by atoms with E-state index in [-0.39, 0.29) is 18.1 Å². The van der Waals surface area contributed by atoms with Crippen LogP contribution in [0.25, 0.3) is 0 Å². The molecule has 0 saturated heterocycles. The largest absolute Gasteiger partial charge is 0.504 e. The molecule has 0 radical (unpaired) electrons. The Morgan fingerprint density at radius 2 is 2.13 bits per heavy atom. The third-order valence-electron chi connectivity index (χ3n) is 2.38. The molecule has 0 aliphatic heterocycles. The van der Waals surface area contributed by atoms with Gasteiger partial charge in [0.1, 0.15) is 0 Å². The second-order valence-electron chi connectivity index (χ2n) is 3.67. The fourth-order valence-electron chi connectivity index (χ4n) is 1.60. The first kappa shape index (κ1) is 11.4. The van der Waals surface area contributed by atoms with Crippen molar-refractivity contribution in [3.05, 3.63) is 23.3 Å². The number of nitriles is 1. The van der Waals surface area contributed by atoms with Crippen molar-refractivity contribution in [2.75, 3.05) is 7.11 Å². The maximum atomic E-state index is 9.87. The van der Waals surface area contributed by atoms with Crippen LogP contribution in [-0.2, 0) is 6.42 Å². The van der Waals surface area contributed by atoms with E-state index in [0.717, 1.165) is 5.56 Å². The van der Waals surface area contributed by atoms with Crippen molar-refractivity contribution in [1.29, 1.82) is 5.26 Å². The molecule has 0 saturated carbocycles. The third kappa shape index (κ3) is 2.21. The molecule has 1 N–H and O–H groups in total. The minimum absolute atomic E-state index is 0.0882. The summed E-state index contributed by atoms with van der Waals surface area (Å²) < 4.78 is 5.01. The summed E-state index contributed by atoms with van der Waals surface area (Å²) in [7, 11) is 1.50. The Morgan fingerprint density at radius 1 is 1.47 bits per heavy atom. The Labute approximate surface area is 89.9 Å². The highest BCUT2D eigenvalue weighted by Crippen LogP contribution is 2.35. The molecule has 0 heterocycles. The SMILES string of the molecule is COc1ccc(C(C)C)c(CC#N)c1O. The van der Waals surface area contributed by atoms with Gasteiger partial charge < -0.3 is 9.84 Å². The molecule has 0 amide bonds. The van der Waals surface area contributed by atoms with Crippen molar-refractivity contribution in [1.82, 2.24) is 0 Å². The van der Waals surface area contributed by atoms with Gasteiger partial charge in [0.25, 0.3) is 0 Å². The van der Waals surface area contributed by atoms with Gasteiger partial charge in [-0.05, 0) is 17.5 Å². The van der Waals surface area contributed by atoms with E-state index in [1.165, 1.54) is 7.11 Å². The number of methoxy groups -OCH3 is 1. The number of phenols is 1. The standard InChI is InChI=1S/C12H15NO2/c1-8(2)9-4-5-11(15-3)12(14)10(9)6-7-13/h4-5,8,14H,6H2,1-3H3. The van der Waals surface area contributed by atoms with Crippen molar-refractivity contribution in [3.8, 4) is 17.6 Å². The van der Waals surface area contributed by atoms with Gasteiger partial charge in [0.2, 0.25) is 0 Å². The maximum absolute atomic E-state index is 9.87. The van der Waals surface area contributed by atoms with E-state index in [2.05, 4.69) is 6.07 Å². The normalized spacial score (nSPS) is 10.1. The van der Waals surface area contributed by atoms with Crippen molar-refractivity contribution in [2.24, 2.45) is 0 Å². The van der Waals surface area contributed by atoms with Crippen LogP contribution < -0.4 is 4.74 Å². The molecule has 0 unspecified atom stereocenters. The van der Waals surface area contributed by atoms with Crippen molar-refractivity contribution >= 4 is 0 Å². The van der Waals surface area contributed by atoms with Gasteiger partial charge in [0.05, 0.1) is 19.6 Å². The number of aromatic hydroxyl groups is 1. The number of phenolic OH excluding ortho intramolecular Hbond substituents is 1. The topological polar surface area (TPSA) is 53.2 Å². The van der Waals surface area contributed by atoms with Gasteiger partial charge in [0, 0.05) is 5.56 Å². The zero-order valence-electron chi connectivity index (χ0n) is 9.24. The molecule has 0 spiro atoms. The maximum Gasteiger partial charge on any atom is 0.162 e. The van der Waals surface area contributed by atoms with Crippen molar-refractivity contribution in [3.63, 3.8) is 0 Å². The minimum atomic E-state index is 0.0882. The Morgan fingerprint density at radius 3 is 2.60 bits per heavy atom. The lowest BCUT2D eigenvalue weighted by molar-refractivity contribution is 0.370. The molecule has 3 heteroatoms. The van der Waals surface area contributed by atoms with E-state index in [0.29, 0.717) is 11.3 Å². The average molecular weight is 205 g/mol. The highest BCUT2D eigenvalue weighted by Gasteiger charge is 2.14. The van der Waals surface area contributed by atoms with Crippen molar-refractivity contribution < 1.29 is 9.84 Å². The lowest BCUT2D eigenvalue weighted by Crippen LogP contribution is -1.98. The fraction of sp³-hybridized carbons (Fsp3) is 0.417. The number of hydrogen-bond acceptors (Lipinski definition) is 3. The summed E-state index contributed by atoms with van der Waals surface area (Å²) in [5, 5.41) is 18.6. The summed E-state index contributed by atoms with van der Waals surface area (Å²) in [5.41, 5.74) is 1.67. The van der Waals surface area contributed by atoms with E-state index < -0.39 is 0 Å². The molecule has 0 aromatic heterocycles. The molecule has 0 bridgehead atoms. The van der Waals surface area contributed by atoms with Gasteiger partial charge in [-0.3, -0.25) is 0 Å². The molecule has 0 aliphatic rings. The second kappa shape index (κ2) is 4.70. The quantitative estimate of drug-likeness (QED) is 0.825. The molecule has 1 aromatic carbocycles. The van der Waals surface area contributed by atoms with Crippen LogP contribution in [0.2, 0.25) is 0 Å². The molecule has 15 heavy (non-hydrogen) atoms. The van der Waals surface area contributed by atoms with Gasteiger partial charge in [-0.1, -0.05) is 19.9 Å². The zero-order valence-corrected chi connectivity index (χ0v) is 9.24. The molecule has 3 nitrogen and oxygen atoms in total. The summed E-state index contributed by atoms with van der Waals surface area (Å²) in [4.78, 5) is 0. The fourth-order valence-corrected chi connectivity index (χ4v) is 1.60. The van der Waals surface area contributed by atoms with Crippen LogP contribution >= 0.6 is 0 Å². The predicted molar refractivity (Wildman–Crippen MR) is 58.1 cm³/mol. The summed E-state index contributed by atoms with van der Waals surface area (Å²) in [6.07, 6.45) is 0.205. The van der Waals surface area contributed by atoms with Crippen LogP contribution in [0.5, 0.6) is 11.5 Å². The third-order valence-corrected chi connectivity index (χ3v) is 2.38.